The molecule has 0 saturated heterocycles. The van der Waals surface area contributed by atoms with Crippen molar-refractivity contribution in [3.63, 3.8) is 0 Å². The van der Waals surface area contributed by atoms with E-state index in [9.17, 15) is 18.4 Å². The van der Waals surface area contributed by atoms with E-state index in [4.69, 9.17) is 4.74 Å². The summed E-state index contributed by atoms with van der Waals surface area (Å²) in [7, 11) is 0. The van der Waals surface area contributed by atoms with Crippen LogP contribution in [0.3, 0.4) is 0 Å². The van der Waals surface area contributed by atoms with Gasteiger partial charge in [-0.05, 0) is 39.7 Å². The Morgan fingerprint density at radius 2 is 1.92 bits per heavy atom. The van der Waals surface area contributed by atoms with E-state index in [1.54, 1.807) is 20.8 Å². The zero-order valence-corrected chi connectivity index (χ0v) is 15.2. The number of hydrogen-bond donors (Lipinski definition) is 0. The number of ether oxygens (including phenoxy) is 1. The summed E-state index contributed by atoms with van der Waals surface area (Å²) < 4.78 is 36.4. The van der Waals surface area contributed by atoms with Crippen LogP contribution >= 0.6 is 0 Å². The molecule has 1 saturated carbocycles. The second-order valence-electron chi connectivity index (χ2n) is 7.35. The molecule has 1 heterocycles. The number of carbonyl (C=O) groups is 1. The number of nitrogens with zero attached hydrogens (tertiary/aromatic N) is 3. The number of carbonyl (C=O) groups excluding carboxylic acids is 1. The van der Waals surface area contributed by atoms with Gasteiger partial charge in [-0.15, -0.1) is 5.10 Å². The number of esters is 1. The average Bonchev–Trinajstić information content (AvgIpc) is 3.31. The molecule has 8 heteroatoms. The lowest BCUT2D eigenvalue weighted by atomic mass is 10.1. The molecule has 140 valence electrons. The first-order valence-corrected chi connectivity index (χ1v) is 8.55. The van der Waals surface area contributed by atoms with E-state index in [-0.39, 0.29) is 11.7 Å². The van der Waals surface area contributed by atoms with Crippen LogP contribution in [0.25, 0.3) is 5.69 Å². The third-order valence-electron chi connectivity index (χ3n) is 3.99. The molecule has 1 fully saturated rings. The standard InChI is InChI=1S/C18H21F2N3O3/c1-5-15-21-23(17(25)22(15)10-6-7-10)14-9-12(19)11(8-13(14)20)16(24)26-18(2,3)4/h8-10H,5-7H2,1-4H3. The number of benzene rings is 1. The van der Waals surface area contributed by atoms with Gasteiger partial charge in [-0.3, -0.25) is 4.57 Å². The molecule has 1 aliphatic carbocycles. The van der Waals surface area contributed by atoms with Crippen molar-refractivity contribution in [1.29, 1.82) is 0 Å². The average molecular weight is 365 g/mol. The molecule has 0 N–H and O–H groups in total. The maximum absolute atomic E-state index is 14.6. The highest BCUT2D eigenvalue weighted by molar-refractivity contribution is 5.90. The fraction of sp³-hybridized carbons (Fsp3) is 0.500. The first-order valence-electron chi connectivity index (χ1n) is 8.55. The molecular weight excluding hydrogens is 344 g/mol. The minimum Gasteiger partial charge on any atom is -0.456 e. The number of aromatic nitrogens is 3. The summed E-state index contributed by atoms with van der Waals surface area (Å²) >= 11 is 0. The fourth-order valence-electron chi connectivity index (χ4n) is 2.70. The molecule has 1 aromatic carbocycles. The van der Waals surface area contributed by atoms with E-state index >= 15 is 0 Å². The Labute approximate surface area is 149 Å². The fourth-order valence-corrected chi connectivity index (χ4v) is 2.70. The third-order valence-corrected chi connectivity index (χ3v) is 3.99. The van der Waals surface area contributed by atoms with Crippen molar-refractivity contribution in [2.75, 3.05) is 0 Å². The maximum Gasteiger partial charge on any atom is 0.351 e. The molecular formula is C18H21F2N3O3. The van der Waals surface area contributed by atoms with Crippen molar-refractivity contribution in [1.82, 2.24) is 14.3 Å². The molecule has 3 rings (SSSR count). The number of aryl methyl sites for hydroxylation is 1. The highest BCUT2D eigenvalue weighted by atomic mass is 19.1. The van der Waals surface area contributed by atoms with Crippen LogP contribution in [0.2, 0.25) is 0 Å². The normalized spacial score (nSPS) is 14.5. The number of halogens is 2. The minimum atomic E-state index is -0.971. The van der Waals surface area contributed by atoms with Crippen molar-refractivity contribution in [2.24, 2.45) is 0 Å². The topological polar surface area (TPSA) is 66.1 Å². The summed E-state index contributed by atoms with van der Waals surface area (Å²) in [6.07, 6.45) is 2.24. The molecule has 0 spiro atoms. The van der Waals surface area contributed by atoms with Crippen molar-refractivity contribution in [3.05, 3.63) is 45.6 Å². The van der Waals surface area contributed by atoms with E-state index in [0.717, 1.165) is 29.7 Å². The van der Waals surface area contributed by atoms with E-state index in [0.29, 0.717) is 12.2 Å². The lowest BCUT2D eigenvalue weighted by Gasteiger charge is -2.19. The monoisotopic (exact) mass is 365 g/mol. The van der Waals surface area contributed by atoms with Gasteiger partial charge in [-0.2, -0.15) is 4.68 Å². The van der Waals surface area contributed by atoms with Crippen LogP contribution < -0.4 is 5.69 Å². The largest absolute Gasteiger partial charge is 0.456 e. The van der Waals surface area contributed by atoms with Crippen molar-refractivity contribution < 1.29 is 18.3 Å². The molecule has 1 aromatic heterocycles. The predicted molar refractivity (Wildman–Crippen MR) is 90.6 cm³/mol. The lowest BCUT2D eigenvalue weighted by molar-refractivity contribution is 0.00641. The summed E-state index contributed by atoms with van der Waals surface area (Å²) in [5.74, 6) is -2.34. The summed E-state index contributed by atoms with van der Waals surface area (Å²) in [4.78, 5) is 24.6. The Morgan fingerprint density at radius 3 is 2.46 bits per heavy atom. The molecule has 6 nitrogen and oxygen atoms in total. The van der Waals surface area contributed by atoms with Crippen molar-refractivity contribution in [3.8, 4) is 5.69 Å². The Hall–Kier alpha value is -2.51. The van der Waals surface area contributed by atoms with Crippen LogP contribution in [0.15, 0.2) is 16.9 Å². The van der Waals surface area contributed by atoms with Crippen molar-refractivity contribution >= 4 is 5.97 Å². The highest BCUT2D eigenvalue weighted by Crippen LogP contribution is 2.34. The number of hydrogen-bond acceptors (Lipinski definition) is 4. The van der Waals surface area contributed by atoms with Crippen LogP contribution in [0.4, 0.5) is 8.78 Å². The quantitative estimate of drug-likeness (QED) is 0.781. The molecule has 0 atom stereocenters. The van der Waals surface area contributed by atoms with E-state index in [1.807, 2.05) is 6.92 Å². The van der Waals surface area contributed by atoms with E-state index in [2.05, 4.69) is 5.10 Å². The first kappa shape index (κ1) is 18.3. The van der Waals surface area contributed by atoms with Gasteiger partial charge in [0.05, 0.1) is 5.56 Å². The van der Waals surface area contributed by atoms with Crippen LogP contribution in [-0.2, 0) is 11.2 Å². The van der Waals surface area contributed by atoms with Crippen molar-refractivity contribution in [2.45, 2.75) is 58.6 Å². The van der Waals surface area contributed by atoms with Gasteiger partial charge >= 0.3 is 11.7 Å². The van der Waals surface area contributed by atoms with Gasteiger partial charge in [-0.25, -0.2) is 18.4 Å². The minimum absolute atomic E-state index is 0.0696. The molecule has 0 amide bonds. The molecule has 0 aliphatic heterocycles. The SMILES string of the molecule is CCc1nn(-c2cc(F)c(C(=O)OC(C)(C)C)cc2F)c(=O)n1C1CC1. The Kier molecular flexibility index (Phi) is 4.46. The first-order chi connectivity index (χ1) is 12.1. The smallest absolute Gasteiger partial charge is 0.351 e. The predicted octanol–water partition coefficient (Wildman–Crippen LogP) is 3.16. The maximum atomic E-state index is 14.6. The van der Waals surface area contributed by atoms with Gasteiger partial charge < -0.3 is 4.74 Å². The van der Waals surface area contributed by atoms with Crippen LogP contribution in [0, 0.1) is 11.6 Å². The highest BCUT2D eigenvalue weighted by Gasteiger charge is 2.30. The van der Waals surface area contributed by atoms with E-state index in [1.165, 1.54) is 4.57 Å². The summed E-state index contributed by atoms with van der Waals surface area (Å²) in [6.45, 7) is 6.73. The molecule has 0 bridgehead atoms. The lowest BCUT2D eigenvalue weighted by Crippen LogP contribution is -2.26. The number of rotatable bonds is 4. The third kappa shape index (κ3) is 3.40. The van der Waals surface area contributed by atoms with Gasteiger partial charge in [0.1, 0.15) is 28.7 Å². The van der Waals surface area contributed by atoms with Crippen LogP contribution in [0.5, 0.6) is 0 Å². The Balaban J connectivity index is 2.04. The second kappa shape index (κ2) is 6.34. The van der Waals surface area contributed by atoms with E-state index < -0.39 is 34.5 Å². The Bertz CT molecular complexity index is 921. The van der Waals surface area contributed by atoms with Gasteiger partial charge in [0, 0.05) is 18.5 Å². The zero-order chi connectivity index (χ0) is 19.2. The van der Waals surface area contributed by atoms with Gasteiger partial charge in [0.25, 0.3) is 0 Å². The molecule has 0 unspecified atom stereocenters. The molecule has 1 aliphatic rings. The second-order valence-corrected chi connectivity index (χ2v) is 7.35. The summed E-state index contributed by atoms with van der Waals surface area (Å²) in [5, 5.41) is 4.14. The van der Waals surface area contributed by atoms with Gasteiger partial charge in [0.15, 0.2) is 0 Å². The molecule has 2 aromatic rings. The van der Waals surface area contributed by atoms with Gasteiger partial charge in [-0.1, -0.05) is 6.92 Å². The van der Waals surface area contributed by atoms with Gasteiger partial charge in [0.2, 0.25) is 0 Å². The Morgan fingerprint density at radius 1 is 1.27 bits per heavy atom. The zero-order valence-electron chi connectivity index (χ0n) is 15.2. The molecule has 26 heavy (non-hydrogen) atoms. The van der Waals surface area contributed by atoms with Crippen LogP contribution in [0.1, 0.15) is 62.8 Å². The summed E-state index contributed by atoms with van der Waals surface area (Å²) in [6, 6.07) is 1.62. The summed E-state index contributed by atoms with van der Waals surface area (Å²) in [5.41, 5.74) is -2.19. The molecule has 0 radical (unpaired) electrons. The van der Waals surface area contributed by atoms with Crippen LogP contribution in [-0.4, -0.2) is 25.9 Å².